The van der Waals surface area contributed by atoms with E-state index < -0.39 is 0 Å². The normalized spacial score (nSPS) is 21.6. The third kappa shape index (κ3) is 2.93. The second-order valence-corrected chi connectivity index (χ2v) is 8.19. The summed E-state index contributed by atoms with van der Waals surface area (Å²) in [5.41, 5.74) is 3.12. The summed E-state index contributed by atoms with van der Waals surface area (Å²) < 4.78 is 2.33. The predicted molar refractivity (Wildman–Crippen MR) is 85.4 cm³/mol. The quantitative estimate of drug-likeness (QED) is 0.821. The zero-order valence-corrected chi connectivity index (χ0v) is 14.3. The molecule has 1 saturated heterocycles. The zero-order valence-electron chi connectivity index (χ0n) is 14.3. The molecular weight excluding hydrogens is 246 g/mol. The Bertz CT molecular complexity index is 460. The van der Waals surface area contributed by atoms with Crippen LogP contribution in [0, 0.1) is 0 Å². The summed E-state index contributed by atoms with van der Waals surface area (Å²) in [6, 6.07) is 0.542. The Labute approximate surface area is 124 Å². The first-order chi connectivity index (χ1) is 9.14. The van der Waals surface area contributed by atoms with Gasteiger partial charge in [0.25, 0.3) is 0 Å². The Morgan fingerprint density at radius 2 is 1.80 bits per heavy atom. The van der Waals surface area contributed by atoms with Crippen LogP contribution in [-0.4, -0.2) is 34.3 Å². The second-order valence-electron chi connectivity index (χ2n) is 8.19. The maximum Gasteiger partial charge on any atom is 0.0661 e. The van der Waals surface area contributed by atoms with Gasteiger partial charge in [0.2, 0.25) is 0 Å². The molecule has 2 rings (SSSR count). The topological polar surface area (TPSA) is 21.1 Å². The fraction of sp³-hybridized carbons (Fsp3) is 0.824. The van der Waals surface area contributed by atoms with Crippen molar-refractivity contribution in [1.82, 2.24) is 14.7 Å². The molecule has 3 nitrogen and oxygen atoms in total. The lowest BCUT2D eigenvalue weighted by atomic mass is 9.79. The molecule has 0 spiro atoms. The molecule has 0 bridgehead atoms. The van der Waals surface area contributed by atoms with Gasteiger partial charge in [0, 0.05) is 24.2 Å². The molecule has 20 heavy (non-hydrogen) atoms. The maximum absolute atomic E-state index is 4.79. The summed E-state index contributed by atoms with van der Waals surface area (Å²) in [5, 5.41) is 4.79. The number of hydrogen-bond acceptors (Lipinski definition) is 2. The Hall–Kier alpha value is -0.830. The number of nitrogens with zero attached hydrogens (tertiary/aromatic N) is 3. The number of likely N-dealkylation sites (tertiary alicyclic amines) is 1. The standard InChI is InChI=1S/C17H31N3/c1-8-19-10-9-13(12-19)20-15(17(5,6)7)14(11-18-20)16(2,3)4/h11,13H,8-10,12H2,1-7H3. The highest BCUT2D eigenvalue weighted by atomic mass is 15.3. The maximum atomic E-state index is 4.79. The van der Waals surface area contributed by atoms with Gasteiger partial charge >= 0.3 is 0 Å². The van der Waals surface area contributed by atoms with Crippen LogP contribution in [0.3, 0.4) is 0 Å². The van der Waals surface area contributed by atoms with Gasteiger partial charge in [-0.3, -0.25) is 4.68 Å². The molecule has 1 aliphatic heterocycles. The highest BCUT2D eigenvalue weighted by Crippen LogP contribution is 2.36. The molecule has 1 aromatic heterocycles. The molecule has 0 aromatic carbocycles. The monoisotopic (exact) mass is 277 g/mol. The molecule has 0 N–H and O–H groups in total. The lowest BCUT2D eigenvalue weighted by Crippen LogP contribution is -2.28. The van der Waals surface area contributed by atoms with E-state index >= 15 is 0 Å². The van der Waals surface area contributed by atoms with Crippen molar-refractivity contribution in [3.05, 3.63) is 17.5 Å². The van der Waals surface area contributed by atoms with E-state index in [-0.39, 0.29) is 10.8 Å². The number of aromatic nitrogens is 2. The van der Waals surface area contributed by atoms with Crippen LogP contribution in [-0.2, 0) is 10.8 Å². The molecule has 1 unspecified atom stereocenters. The molecule has 1 fully saturated rings. The van der Waals surface area contributed by atoms with Crippen molar-refractivity contribution in [3.63, 3.8) is 0 Å². The van der Waals surface area contributed by atoms with Gasteiger partial charge in [0.05, 0.1) is 12.2 Å². The molecule has 2 heterocycles. The molecular formula is C17H31N3. The fourth-order valence-corrected chi connectivity index (χ4v) is 3.23. The molecule has 1 aliphatic rings. The first-order valence-corrected chi connectivity index (χ1v) is 7.95. The van der Waals surface area contributed by atoms with Gasteiger partial charge in [-0.25, -0.2) is 0 Å². The van der Waals surface area contributed by atoms with Crippen LogP contribution in [0.1, 0.15) is 72.2 Å². The summed E-state index contributed by atoms with van der Waals surface area (Å²) in [4.78, 5) is 2.52. The van der Waals surface area contributed by atoms with E-state index in [2.05, 4.69) is 64.2 Å². The lowest BCUT2D eigenvalue weighted by Gasteiger charge is -2.29. The molecule has 0 saturated carbocycles. The van der Waals surface area contributed by atoms with Crippen LogP contribution in [0.4, 0.5) is 0 Å². The van der Waals surface area contributed by atoms with Crippen molar-refractivity contribution in [1.29, 1.82) is 0 Å². The van der Waals surface area contributed by atoms with E-state index in [1.54, 1.807) is 0 Å². The summed E-state index contributed by atoms with van der Waals surface area (Å²) in [6.45, 7) is 19.5. The van der Waals surface area contributed by atoms with Gasteiger partial charge in [-0.15, -0.1) is 0 Å². The fourth-order valence-electron chi connectivity index (χ4n) is 3.23. The smallest absolute Gasteiger partial charge is 0.0661 e. The number of likely N-dealkylation sites (N-methyl/N-ethyl adjacent to an activating group) is 1. The third-order valence-electron chi connectivity index (χ3n) is 4.35. The van der Waals surface area contributed by atoms with Crippen LogP contribution in [0.15, 0.2) is 6.20 Å². The van der Waals surface area contributed by atoms with Gasteiger partial charge in [-0.2, -0.15) is 5.10 Å². The summed E-state index contributed by atoms with van der Waals surface area (Å²) in [6.07, 6.45) is 3.33. The first kappa shape index (κ1) is 15.6. The van der Waals surface area contributed by atoms with Crippen molar-refractivity contribution in [2.45, 2.75) is 71.8 Å². The average Bonchev–Trinajstić information content (AvgIpc) is 2.93. The third-order valence-corrected chi connectivity index (χ3v) is 4.35. The second kappa shape index (κ2) is 5.18. The van der Waals surface area contributed by atoms with Gasteiger partial charge in [-0.1, -0.05) is 48.5 Å². The molecule has 1 atom stereocenters. The molecule has 3 heteroatoms. The van der Waals surface area contributed by atoms with Crippen molar-refractivity contribution < 1.29 is 0 Å². The number of rotatable bonds is 2. The van der Waals surface area contributed by atoms with E-state index in [9.17, 15) is 0 Å². The molecule has 1 aromatic rings. The van der Waals surface area contributed by atoms with Gasteiger partial charge < -0.3 is 4.90 Å². The Balaban J connectivity index is 2.42. The predicted octanol–water partition coefficient (Wildman–Crippen LogP) is 3.74. The van der Waals surface area contributed by atoms with Crippen LogP contribution >= 0.6 is 0 Å². The average molecular weight is 277 g/mol. The molecule has 0 amide bonds. The summed E-state index contributed by atoms with van der Waals surface area (Å²) >= 11 is 0. The Morgan fingerprint density at radius 3 is 2.25 bits per heavy atom. The van der Waals surface area contributed by atoms with E-state index in [1.807, 2.05) is 0 Å². The van der Waals surface area contributed by atoms with Crippen LogP contribution in [0.2, 0.25) is 0 Å². The Kier molecular flexibility index (Phi) is 4.03. The zero-order chi connectivity index (χ0) is 15.1. The first-order valence-electron chi connectivity index (χ1n) is 7.95. The minimum absolute atomic E-state index is 0.138. The molecule has 0 aliphatic carbocycles. The molecule has 0 radical (unpaired) electrons. The Morgan fingerprint density at radius 1 is 1.15 bits per heavy atom. The summed E-state index contributed by atoms with van der Waals surface area (Å²) in [7, 11) is 0. The van der Waals surface area contributed by atoms with Crippen LogP contribution in [0.25, 0.3) is 0 Å². The number of hydrogen-bond donors (Lipinski definition) is 0. The highest BCUT2D eigenvalue weighted by Gasteiger charge is 2.33. The summed E-state index contributed by atoms with van der Waals surface area (Å²) in [5.74, 6) is 0. The largest absolute Gasteiger partial charge is 0.301 e. The van der Waals surface area contributed by atoms with Gasteiger partial charge in [-0.05, 0) is 23.9 Å². The van der Waals surface area contributed by atoms with Gasteiger partial charge in [0.15, 0.2) is 0 Å². The van der Waals surface area contributed by atoms with Crippen molar-refractivity contribution in [2.75, 3.05) is 19.6 Å². The minimum Gasteiger partial charge on any atom is -0.301 e. The van der Waals surface area contributed by atoms with E-state index in [4.69, 9.17) is 5.10 Å². The van der Waals surface area contributed by atoms with E-state index in [0.29, 0.717) is 6.04 Å². The van der Waals surface area contributed by atoms with Gasteiger partial charge in [0.1, 0.15) is 0 Å². The van der Waals surface area contributed by atoms with Crippen molar-refractivity contribution >= 4 is 0 Å². The van der Waals surface area contributed by atoms with Crippen LogP contribution < -0.4 is 0 Å². The van der Waals surface area contributed by atoms with Crippen molar-refractivity contribution in [3.8, 4) is 0 Å². The van der Waals surface area contributed by atoms with Crippen molar-refractivity contribution in [2.24, 2.45) is 0 Å². The SMILES string of the molecule is CCN1CCC(n2ncc(C(C)(C)C)c2C(C)(C)C)C1. The lowest BCUT2D eigenvalue weighted by molar-refractivity contribution is 0.327. The highest BCUT2D eigenvalue weighted by molar-refractivity contribution is 5.31. The van der Waals surface area contributed by atoms with Crippen LogP contribution in [0.5, 0.6) is 0 Å². The van der Waals surface area contributed by atoms with E-state index in [1.165, 1.54) is 24.2 Å². The minimum atomic E-state index is 0.138. The molecule has 114 valence electrons. The van der Waals surface area contributed by atoms with E-state index in [0.717, 1.165) is 13.1 Å².